The van der Waals surface area contributed by atoms with Crippen LogP contribution in [0.15, 0.2) is 47.4 Å². The Labute approximate surface area is 133 Å². The van der Waals surface area contributed by atoms with Crippen molar-refractivity contribution in [3.8, 4) is 0 Å². The van der Waals surface area contributed by atoms with Crippen LogP contribution in [0.5, 0.6) is 0 Å². The molecule has 0 radical (unpaired) electrons. The molecule has 0 spiro atoms. The molecule has 1 aromatic carbocycles. The lowest BCUT2D eigenvalue weighted by Crippen LogP contribution is -2.12. The van der Waals surface area contributed by atoms with Gasteiger partial charge >= 0.3 is 0 Å². The van der Waals surface area contributed by atoms with E-state index in [1.165, 1.54) is 0 Å². The third kappa shape index (κ3) is 3.52. The highest BCUT2D eigenvalue weighted by molar-refractivity contribution is 7.10. The first-order chi connectivity index (χ1) is 10.6. The summed E-state index contributed by atoms with van der Waals surface area (Å²) >= 11 is 1.59. The molecule has 0 unspecified atom stereocenters. The second-order valence-corrected chi connectivity index (χ2v) is 6.49. The van der Waals surface area contributed by atoms with E-state index in [2.05, 4.69) is 5.32 Å². The van der Waals surface area contributed by atoms with Gasteiger partial charge in [-0.05, 0) is 61.6 Å². The highest BCUT2D eigenvalue weighted by Gasteiger charge is 2.30. The van der Waals surface area contributed by atoms with Crippen LogP contribution in [0.4, 0.5) is 5.69 Å². The standard InChI is InChI=1S/C18H17NO2S/c1-12(11-16-3-2-10-22-16)18(21)19-15-8-6-14(7-9-15)17(20)13-4-5-13/h2-3,6-11,13H,4-5H2,1H3,(H,19,21)/b12-11+. The van der Waals surface area contributed by atoms with Crippen molar-refractivity contribution in [1.82, 2.24) is 0 Å². The Kier molecular flexibility index (Phi) is 4.20. The molecule has 0 aliphatic heterocycles. The minimum Gasteiger partial charge on any atom is -0.322 e. The van der Waals surface area contributed by atoms with Gasteiger partial charge in [-0.15, -0.1) is 11.3 Å². The van der Waals surface area contributed by atoms with E-state index in [1.807, 2.05) is 23.6 Å². The lowest BCUT2D eigenvalue weighted by atomic mass is 10.1. The van der Waals surface area contributed by atoms with Gasteiger partial charge in [0.05, 0.1) is 0 Å². The number of rotatable bonds is 5. The minimum absolute atomic E-state index is 0.130. The highest BCUT2D eigenvalue weighted by Crippen LogP contribution is 2.32. The molecule has 0 saturated heterocycles. The zero-order valence-corrected chi connectivity index (χ0v) is 13.2. The Morgan fingerprint density at radius 1 is 1.18 bits per heavy atom. The Morgan fingerprint density at radius 3 is 2.50 bits per heavy atom. The van der Waals surface area contributed by atoms with Gasteiger partial charge < -0.3 is 5.32 Å². The van der Waals surface area contributed by atoms with Crippen molar-refractivity contribution >= 4 is 34.8 Å². The molecule has 0 bridgehead atoms. The maximum atomic E-state index is 12.1. The van der Waals surface area contributed by atoms with Crippen LogP contribution in [0.2, 0.25) is 0 Å². The number of amides is 1. The van der Waals surface area contributed by atoms with E-state index in [9.17, 15) is 9.59 Å². The molecule has 1 heterocycles. The number of ketones is 1. The molecule has 112 valence electrons. The predicted molar refractivity (Wildman–Crippen MR) is 90.1 cm³/mol. The van der Waals surface area contributed by atoms with E-state index in [-0.39, 0.29) is 17.6 Å². The van der Waals surface area contributed by atoms with Gasteiger partial charge in [0.25, 0.3) is 5.91 Å². The van der Waals surface area contributed by atoms with Crippen LogP contribution in [-0.2, 0) is 4.79 Å². The fourth-order valence-corrected chi connectivity index (χ4v) is 2.90. The van der Waals surface area contributed by atoms with Crippen LogP contribution in [0, 0.1) is 5.92 Å². The first-order valence-corrected chi connectivity index (χ1v) is 8.19. The van der Waals surface area contributed by atoms with Crippen molar-refractivity contribution in [2.24, 2.45) is 5.92 Å². The molecule has 1 saturated carbocycles. The first kappa shape index (κ1) is 14.7. The van der Waals surface area contributed by atoms with Crippen molar-refractivity contribution < 1.29 is 9.59 Å². The molecule has 4 heteroatoms. The molecule has 3 nitrogen and oxygen atoms in total. The number of benzene rings is 1. The van der Waals surface area contributed by atoms with Gasteiger partial charge in [0, 0.05) is 27.6 Å². The molecule has 1 fully saturated rings. The molecule has 1 aliphatic carbocycles. The second kappa shape index (κ2) is 6.28. The summed E-state index contributed by atoms with van der Waals surface area (Å²) in [4.78, 5) is 25.1. The second-order valence-electron chi connectivity index (χ2n) is 5.51. The van der Waals surface area contributed by atoms with Gasteiger partial charge in [-0.3, -0.25) is 9.59 Å². The first-order valence-electron chi connectivity index (χ1n) is 7.31. The summed E-state index contributed by atoms with van der Waals surface area (Å²) in [5.74, 6) is 0.303. The zero-order valence-electron chi connectivity index (χ0n) is 12.3. The van der Waals surface area contributed by atoms with Crippen molar-refractivity contribution in [1.29, 1.82) is 0 Å². The average Bonchev–Trinajstić information content (AvgIpc) is 3.25. The number of carbonyl (C=O) groups is 2. The molecule has 0 atom stereocenters. The third-order valence-electron chi connectivity index (χ3n) is 3.64. The van der Waals surface area contributed by atoms with Crippen LogP contribution in [0.1, 0.15) is 35.0 Å². The van der Waals surface area contributed by atoms with Gasteiger partial charge in [-0.25, -0.2) is 0 Å². The smallest absolute Gasteiger partial charge is 0.251 e. The normalized spacial score (nSPS) is 14.7. The van der Waals surface area contributed by atoms with Crippen molar-refractivity contribution in [3.05, 3.63) is 57.8 Å². The number of carbonyl (C=O) groups excluding carboxylic acids is 2. The summed E-state index contributed by atoms with van der Waals surface area (Å²) in [5, 5.41) is 4.83. The summed E-state index contributed by atoms with van der Waals surface area (Å²) in [6, 6.07) is 11.1. The molecule has 1 N–H and O–H groups in total. The van der Waals surface area contributed by atoms with E-state index < -0.39 is 0 Å². The highest BCUT2D eigenvalue weighted by atomic mass is 32.1. The third-order valence-corrected chi connectivity index (χ3v) is 4.45. The average molecular weight is 311 g/mol. The van der Waals surface area contributed by atoms with E-state index in [4.69, 9.17) is 0 Å². The molecule has 1 aliphatic rings. The summed E-state index contributed by atoms with van der Waals surface area (Å²) in [6.07, 6.45) is 3.87. The molecule has 2 aromatic rings. The number of hydrogen-bond acceptors (Lipinski definition) is 3. The van der Waals surface area contributed by atoms with Gasteiger partial charge in [-0.2, -0.15) is 0 Å². The number of Topliss-reactive ketones (excluding diaryl/α,β-unsaturated/α-hetero) is 1. The maximum Gasteiger partial charge on any atom is 0.251 e. The lowest BCUT2D eigenvalue weighted by Gasteiger charge is -2.06. The van der Waals surface area contributed by atoms with E-state index >= 15 is 0 Å². The SMILES string of the molecule is C/C(=C\c1cccs1)C(=O)Nc1ccc(C(=O)C2CC2)cc1. The number of thiophene rings is 1. The van der Waals surface area contributed by atoms with Crippen LogP contribution in [-0.4, -0.2) is 11.7 Å². The van der Waals surface area contributed by atoms with Gasteiger partial charge in [-0.1, -0.05) is 6.07 Å². The Morgan fingerprint density at radius 2 is 1.91 bits per heavy atom. The van der Waals surface area contributed by atoms with Crippen molar-refractivity contribution in [2.45, 2.75) is 19.8 Å². The van der Waals surface area contributed by atoms with Crippen LogP contribution < -0.4 is 5.32 Å². The number of anilines is 1. The van der Waals surface area contributed by atoms with Crippen LogP contribution in [0.3, 0.4) is 0 Å². The summed E-state index contributed by atoms with van der Waals surface area (Å²) in [7, 11) is 0. The molecular formula is C18H17NO2S. The minimum atomic E-state index is -0.130. The largest absolute Gasteiger partial charge is 0.322 e. The molecular weight excluding hydrogens is 294 g/mol. The predicted octanol–water partition coefficient (Wildman–Crippen LogP) is 4.38. The van der Waals surface area contributed by atoms with E-state index in [0.717, 1.165) is 23.3 Å². The summed E-state index contributed by atoms with van der Waals surface area (Å²) in [6.45, 7) is 1.79. The topological polar surface area (TPSA) is 46.2 Å². The van der Waals surface area contributed by atoms with Gasteiger partial charge in [0.1, 0.15) is 0 Å². The van der Waals surface area contributed by atoms with E-state index in [0.29, 0.717) is 11.3 Å². The number of nitrogens with one attached hydrogen (secondary N) is 1. The fraction of sp³-hybridized carbons (Fsp3) is 0.222. The Balaban J connectivity index is 1.65. The molecule has 3 rings (SSSR count). The van der Waals surface area contributed by atoms with Gasteiger partial charge in [0.2, 0.25) is 0 Å². The zero-order chi connectivity index (χ0) is 15.5. The van der Waals surface area contributed by atoms with Crippen LogP contribution in [0.25, 0.3) is 6.08 Å². The monoisotopic (exact) mass is 311 g/mol. The quantitative estimate of drug-likeness (QED) is 0.658. The number of hydrogen-bond donors (Lipinski definition) is 1. The van der Waals surface area contributed by atoms with Crippen molar-refractivity contribution in [2.75, 3.05) is 5.32 Å². The summed E-state index contributed by atoms with van der Waals surface area (Å²) < 4.78 is 0. The summed E-state index contributed by atoms with van der Waals surface area (Å²) in [5.41, 5.74) is 2.09. The van der Waals surface area contributed by atoms with Crippen LogP contribution >= 0.6 is 11.3 Å². The van der Waals surface area contributed by atoms with E-state index in [1.54, 1.807) is 42.5 Å². The molecule has 22 heavy (non-hydrogen) atoms. The molecule has 1 aromatic heterocycles. The Hall–Kier alpha value is -2.20. The maximum absolute atomic E-state index is 12.1. The fourth-order valence-electron chi connectivity index (χ4n) is 2.18. The molecule has 1 amide bonds. The Bertz CT molecular complexity index is 710. The van der Waals surface area contributed by atoms with Crippen molar-refractivity contribution in [3.63, 3.8) is 0 Å². The lowest BCUT2D eigenvalue weighted by molar-refractivity contribution is -0.112. The van der Waals surface area contributed by atoms with Gasteiger partial charge in [0.15, 0.2) is 5.78 Å².